The fourth-order valence-electron chi connectivity index (χ4n) is 0.478. The number of aliphatic hydroxyl groups excluding tert-OH is 1. The van der Waals surface area contributed by atoms with Crippen molar-refractivity contribution in [3.05, 3.63) is 12.7 Å². The predicted molar refractivity (Wildman–Crippen MR) is 39.0 cm³/mol. The lowest BCUT2D eigenvalue weighted by Crippen LogP contribution is -2.22. The zero-order valence-electron chi connectivity index (χ0n) is 6.45. The van der Waals surface area contributed by atoms with E-state index in [1.807, 2.05) is 0 Å². The summed E-state index contributed by atoms with van der Waals surface area (Å²) in [4.78, 5) is 10.4. The Hall–Kier alpha value is -0.870. The minimum absolute atomic E-state index is 0.0569. The number of methoxy groups -OCH3 is 1. The van der Waals surface area contributed by atoms with Crippen molar-refractivity contribution in [3.63, 3.8) is 0 Å². The molecule has 0 aliphatic heterocycles. The number of ether oxygens (including phenoxy) is 2. The van der Waals surface area contributed by atoms with Crippen molar-refractivity contribution in [2.75, 3.05) is 20.3 Å². The van der Waals surface area contributed by atoms with Gasteiger partial charge in [-0.15, -0.1) is 0 Å². The van der Waals surface area contributed by atoms with Crippen LogP contribution >= 0.6 is 0 Å². The Balaban J connectivity index is 3.37. The lowest BCUT2D eigenvalue weighted by Gasteiger charge is -2.08. The van der Waals surface area contributed by atoms with Crippen LogP contribution in [-0.2, 0) is 14.3 Å². The maximum atomic E-state index is 10.4. The van der Waals surface area contributed by atoms with Gasteiger partial charge in [0.05, 0.1) is 6.61 Å². The lowest BCUT2D eigenvalue weighted by atomic mass is 10.4. The first-order chi connectivity index (χ1) is 5.20. The van der Waals surface area contributed by atoms with Crippen molar-refractivity contribution in [2.45, 2.75) is 6.10 Å². The Morgan fingerprint density at radius 1 is 1.73 bits per heavy atom. The highest BCUT2D eigenvalue weighted by Crippen LogP contribution is 1.87. The number of aliphatic hydroxyl groups is 1. The van der Waals surface area contributed by atoms with E-state index < -0.39 is 12.1 Å². The average Bonchev–Trinajstić information content (AvgIpc) is 2.01. The van der Waals surface area contributed by atoms with Crippen LogP contribution in [0.2, 0.25) is 0 Å². The van der Waals surface area contributed by atoms with Gasteiger partial charge in [-0.3, -0.25) is 0 Å². The van der Waals surface area contributed by atoms with E-state index in [1.54, 1.807) is 0 Å². The van der Waals surface area contributed by atoms with Crippen LogP contribution in [0.3, 0.4) is 0 Å². The topological polar surface area (TPSA) is 55.8 Å². The number of hydrogen-bond donors (Lipinski definition) is 1. The molecule has 1 atom stereocenters. The monoisotopic (exact) mass is 160 g/mol. The van der Waals surface area contributed by atoms with E-state index in [4.69, 9.17) is 5.11 Å². The highest BCUT2D eigenvalue weighted by molar-refractivity contribution is 5.81. The van der Waals surface area contributed by atoms with Crippen LogP contribution in [-0.4, -0.2) is 37.5 Å². The molecule has 1 N–H and O–H groups in total. The highest BCUT2D eigenvalue weighted by Gasteiger charge is 2.04. The summed E-state index contributed by atoms with van der Waals surface area (Å²) in [6.45, 7) is 3.30. The molecule has 0 aromatic rings. The molecule has 0 rings (SSSR count). The van der Waals surface area contributed by atoms with E-state index >= 15 is 0 Å². The number of hydrogen-bond acceptors (Lipinski definition) is 4. The summed E-state index contributed by atoms with van der Waals surface area (Å²) in [5.74, 6) is -0.542. The second-order valence-electron chi connectivity index (χ2n) is 1.94. The van der Waals surface area contributed by atoms with Crippen LogP contribution in [0.1, 0.15) is 0 Å². The van der Waals surface area contributed by atoms with Gasteiger partial charge in [0.25, 0.3) is 0 Å². The van der Waals surface area contributed by atoms with E-state index in [0.29, 0.717) is 0 Å². The third kappa shape index (κ3) is 5.57. The number of carbonyl (C=O) groups is 1. The molecule has 4 nitrogen and oxygen atoms in total. The predicted octanol–water partition coefficient (Wildman–Crippen LogP) is -0.277. The summed E-state index contributed by atoms with van der Waals surface area (Å²) >= 11 is 0. The largest absolute Gasteiger partial charge is 0.460 e. The molecule has 0 amide bonds. The fraction of sp³-hybridized carbons (Fsp3) is 0.571. The molecule has 0 aromatic carbocycles. The zero-order valence-corrected chi connectivity index (χ0v) is 6.45. The van der Waals surface area contributed by atoms with E-state index in [0.717, 1.165) is 6.08 Å². The Labute approximate surface area is 65.4 Å². The van der Waals surface area contributed by atoms with Crippen molar-refractivity contribution in [1.29, 1.82) is 0 Å². The molecule has 0 aliphatic rings. The molecule has 0 saturated heterocycles. The zero-order chi connectivity index (χ0) is 8.69. The van der Waals surface area contributed by atoms with Crippen LogP contribution in [0.5, 0.6) is 0 Å². The van der Waals surface area contributed by atoms with Gasteiger partial charge in [-0.05, 0) is 0 Å². The summed E-state index contributed by atoms with van der Waals surface area (Å²) < 4.78 is 9.12. The second kappa shape index (κ2) is 5.88. The van der Waals surface area contributed by atoms with E-state index in [2.05, 4.69) is 16.1 Å². The van der Waals surface area contributed by atoms with Crippen molar-refractivity contribution >= 4 is 5.97 Å². The molecular formula is C7H12O4. The molecule has 0 spiro atoms. The SMILES string of the molecule is C=CC(=O)OCC(O)COC. The highest BCUT2D eigenvalue weighted by atomic mass is 16.5. The fourth-order valence-corrected chi connectivity index (χ4v) is 0.478. The molecule has 0 saturated carbocycles. The maximum absolute atomic E-state index is 10.4. The lowest BCUT2D eigenvalue weighted by molar-refractivity contribution is -0.141. The first-order valence-electron chi connectivity index (χ1n) is 3.17. The smallest absolute Gasteiger partial charge is 0.330 e. The van der Waals surface area contributed by atoms with E-state index in [-0.39, 0.29) is 13.2 Å². The van der Waals surface area contributed by atoms with Crippen molar-refractivity contribution < 1.29 is 19.4 Å². The van der Waals surface area contributed by atoms with Gasteiger partial charge in [-0.1, -0.05) is 6.58 Å². The Bertz CT molecular complexity index is 132. The summed E-state index contributed by atoms with van der Waals surface area (Å²) in [6, 6.07) is 0. The van der Waals surface area contributed by atoms with Crippen LogP contribution in [0.15, 0.2) is 12.7 Å². The van der Waals surface area contributed by atoms with Gasteiger partial charge in [0, 0.05) is 13.2 Å². The first-order valence-corrected chi connectivity index (χ1v) is 3.17. The van der Waals surface area contributed by atoms with Gasteiger partial charge in [0.15, 0.2) is 0 Å². The summed E-state index contributed by atoms with van der Waals surface area (Å²) in [5.41, 5.74) is 0. The summed E-state index contributed by atoms with van der Waals surface area (Å²) in [5, 5.41) is 8.96. The van der Waals surface area contributed by atoms with Crippen molar-refractivity contribution in [2.24, 2.45) is 0 Å². The standard InChI is InChI=1S/C7H12O4/c1-3-7(9)11-5-6(8)4-10-2/h3,6,8H,1,4-5H2,2H3. The molecule has 0 radical (unpaired) electrons. The molecule has 4 heteroatoms. The molecular weight excluding hydrogens is 148 g/mol. The Kier molecular flexibility index (Phi) is 5.42. The normalized spacial score (nSPS) is 12.2. The summed E-state index contributed by atoms with van der Waals surface area (Å²) in [6.07, 6.45) is 0.281. The van der Waals surface area contributed by atoms with Crippen LogP contribution in [0.25, 0.3) is 0 Å². The van der Waals surface area contributed by atoms with Gasteiger partial charge in [0.1, 0.15) is 12.7 Å². The van der Waals surface area contributed by atoms with E-state index in [1.165, 1.54) is 7.11 Å². The quantitative estimate of drug-likeness (QED) is 0.444. The summed E-state index contributed by atoms with van der Waals surface area (Å²) in [7, 11) is 1.46. The van der Waals surface area contributed by atoms with Gasteiger partial charge in [0.2, 0.25) is 0 Å². The maximum Gasteiger partial charge on any atom is 0.330 e. The van der Waals surface area contributed by atoms with E-state index in [9.17, 15) is 4.79 Å². The molecule has 1 unspecified atom stereocenters. The van der Waals surface area contributed by atoms with Crippen LogP contribution in [0.4, 0.5) is 0 Å². The Morgan fingerprint density at radius 3 is 2.82 bits per heavy atom. The molecule has 11 heavy (non-hydrogen) atoms. The molecule has 64 valence electrons. The minimum Gasteiger partial charge on any atom is -0.460 e. The molecule has 0 aliphatic carbocycles. The Morgan fingerprint density at radius 2 is 2.36 bits per heavy atom. The van der Waals surface area contributed by atoms with Crippen molar-refractivity contribution in [1.82, 2.24) is 0 Å². The van der Waals surface area contributed by atoms with Gasteiger partial charge in [-0.25, -0.2) is 4.79 Å². The third-order valence-electron chi connectivity index (χ3n) is 0.944. The number of esters is 1. The van der Waals surface area contributed by atoms with Gasteiger partial charge < -0.3 is 14.6 Å². The minimum atomic E-state index is -0.760. The molecule has 0 bridgehead atoms. The number of carbonyl (C=O) groups excluding carboxylic acids is 1. The first kappa shape index (κ1) is 10.1. The average molecular weight is 160 g/mol. The van der Waals surface area contributed by atoms with Crippen molar-refractivity contribution in [3.8, 4) is 0 Å². The van der Waals surface area contributed by atoms with Gasteiger partial charge in [-0.2, -0.15) is 0 Å². The molecule has 0 heterocycles. The van der Waals surface area contributed by atoms with Crippen LogP contribution < -0.4 is 0 Å². The second-order valence-corrected chi connectivity index (χ2v) is 1.94. The van der Waals surface area contributed by atoms with Gasteiger partial charge >= 0.3 is 5.97 Å². The number of rotatable bonds is 5. The van der Waals surface area contributed by atoms with Crippen LogP contribution in [0, 0.1) is 0 Å². The molecule has 0 fully saturated rings. The molecule has 0 aromatic heterocycles. The third-order valence-corrected chi connectivity index (χ3v) is 0.944.